The zero-order chi connectivity index (χ0) is 21.3. The molecule has 0 spiro atoms. The molecule has 0 aliphatic carbocycles. The minimum atomic E-state index is -0.233. The number of carbonyl (C=O) groups excluding carboxylic acids is 1. The van der Waals surface area contributed by atoms with Gasteiger partial charge in [0.15, 0.2) is 0 Å². The van der Waals surface area contributed by atoms with Crippen molar-refractivity contribution in [3.05, 3.63) is 59.5 Å². The van der Waals surface area contributed by atoms with Crippen LogP contribution in [0.4, 0.5) is 10.1 Å². The first-order valence-corrected chi connectivity index (χ1v) is 10.6. The lowest BCUT2D eigenvalue weighted by atomic mass is 10.1. The van der Waals surface area contributed by atoms with Gasteiger partial charge in [-0.05, 0) is 68.8 Å². The molecule has 1 fully saturated rings. The van der Waals surface area contributed by atoms with Crippen LogP contribution in [0, 0.1) is 12.7 Å². The normalized spacial score (nSPS) is 14.4. The molecule has 1 amide bonds. The lowest BCUT2D eigenvalue weighted by Gasteiger charge is -2.36. The van der Waals surface area contributed by atoms with Crippen molar-refractivity contribution in [2.75, 3.05) is 37.7 Å². The summed E-state index contributed by atoms with van der Waals surface area (Å²) in [5.41, 5.74) is 3.81. The van der Waals surface area contributed by atoms with E-state index in [1.807, 2.05) is 36.9 Å². The number of aromatic nitrogens is 1. The van der Waals surface area contributed by atoms with E-state index in [0.29, 0.717) is 19.7 Å². The minimum absolute atomic E-state index is 0.0715. The average molecular weight is 410 g/mol. The van der Waals surface area contributed by atoms with Crippen LogP contribution in [0.3, 0.4) is 0 Å². The summed E-state index contributed by atoms with van der Waals surface area (Å²) >= 11 is 0. The molecule has 3 aromatic rings. The predicted octanol–water partition coefficient (Wildman–Crippen LogP) is 4.47. The molecule has 0 bridgehead atoms. The third-order valence-corrected chi connectivity index (χ3v) is 5.88. The predicted molar refractivity (Wildman–Crippen MR) is 118 cm³/mol. The van der Waals surface area contributed by atoms with Gasteiger partial charge < -0.3 is 19.1 Å². The highest BCUT2D eigenvalue weighted by Gasteiger charge is 2.27. The molecule has 1 saturated heterocycles. The average Bonchev–Trinajstić information content (AvgIpc) is 3.05. The van der Waals surface area contributed by atoms with E-state index in [9.17, 15) is 9.18 Å². The van der Waals surface area contributed by atoms with Gasteiger partial charge in [0.25, 0.3) is 5.91 Å². The van der Waals surface area contributed by atoms with Gasteiger partial charge in [-0.15, -0.1) is 0 Å². The SMILES string of the molecule is CCOc1ccc2c(c1)c(C)c(C(=O)N1CCN(c3ccc(F)cc3)CC1)n2CC. The van der Waals surface area contributed by atoms with Crippen molar-refractivity contribution in [2.45, 2.75) is 27.3 Å². The first-order chi connectivity index (χ1) is 14.5. The molecule has 2 heterocycles. The van der Waals surface area contributed by atoms with E-state index in [1.54, 1.807) is 12.1 Å². The summed E-state index contributed by atoms with van der Waals surface area (Å²) < 4.78 is 21.0. The van der Waals surface area contributed by atoms with Crippen molar-refractivity contribution in [1.29, 1.82) is 0 Å². The van der Waals surface area contributed by atoms with Crippen molar-refractivity contribution < 1.29 is 13.9 Å². The Hall–Kier alpha value is -3.02. The first kappa shape index (κ1) is 20.3. The maximum Gasteiger partial charge on any atom is 0.270 e. The maximum absolute atomic E-state index is 13.5. The molecule has 0 atom stereocenters. The van der Waals surface area contributed by atoms with Crippen LogP contribution in [0.2, 0.25) is 0 Å². The van der Waals surface area contributed by atoms with Crippen molar-refractivity contribution in [3.63, 3.8) is 0 Å². The molecule has 1 aromatic heterocycles. The number of hydrogen-bond acceptors (Lipinski definition) is 3. The van der Waals surface area contributed by atoms with E-state index >= 15 is 0 Å². The van der Waals surface area contributed by atoms with E-state index in [2.05, 4.69) is 16.4 Å². The van der Waals surface area contributed by atoms with Gasteiger partial charge in [-0.25, -0.2) is 4.39 Å². The summed E-state index contributed by atoms with van der Waals surface area (Å²) in [7, 11) is 0. The molecule has 1 aliphatic rings. The van der Waals surface area contributed by atoms with Crippen LogP contribution < -0.4 is 9.64 Å². The van der Waals surface area contributed by atoms with Crippen molar-refractivity contribution >= 4 is 22.5 Å². The van der Waals surface area contributed by atoms with Crippen LogP contribution >= 0.6 is 0 Å². The van der Waals surface area contributed by atoms with Crippen molar-refractivity contribution in [3.8, 4) is 5.75 Å². The molecular formula is C24H28FN3O2. The standard InChI is InChI=1S/C24H28FN3O2/c1-4-28-22-11-10-20(30-5-2)16-21(22)17(3)23(28)24(29)27-14-12-26(13-15-27)19-8-6-18(25)7-9-19/h6-11,16H,4-5,12-15H2,1-3H3. The fourth-order valence-corrected chi connectivity index (χ4v) is 4.33. The highest BCUT2D eigenvalue weighted by atomic mass is 19.1. The number of piperazine rings is 1. The third-order valence-electron chi connectivity index (χ3n) is 5.88. The van der Waals surface area contributed by atoms with Crippen LogP contribution in [-0.2, 0) is 6.54 Å². The van der Waals surface area contributed by atoms with E-state index in [-0.39, 0.29) is 11.7 Å². The lowest BCUT2D eigenvalue weighted by Crippen LogP contribution is -2.49. The largest absolute Gasteiger partial charge is 0.494 e. The van der Waals surface area contributed by atoms with Gasteiger partial charge in [0.2, 0.25) is 0 Å². The molecule has 2 aromatic carbocycles. The summed E-state index contributed by atoms with van der Waals surface area (Å²) in [4.78, 5) is 17.6. The Balaban J connectivity index is 1.57. The number of aryl methyl sites for hydroxylation is 2. The number of fused-ring (bicyclic) bond motifs is 1. The highest BCUT2D eigenvalue weighted by molar-refractivity contribution is 6.02. The van der Waals surface area contributed by atoms with Crippen LogP contribution in [0.15, 0.2) is 42.5 Å². The topological polar surface area (TPSA) is 37.7 Å². The summed E-state index contributed by atoms with van der Waals surface area (Å²) in [5.74, 6) is 0.665. The molecule has 30 heavy (non-hydrogen) atoms. The van der Waals surface area contributed by atoms with Crippen molar-refractivity contribution in [1.82, 2.24) is 9.47 Å². The Morgan fingerprint density at radius 3 is 2.37 bits per heavy atom. The van der Waals surface area contributed by atoms with Crippen LogP contribution in [0.5, 0.6) is 5.75 Å². The van der Waals surface area contributed by atoms with Gasteiger partial charge >= 0.3 is 0 Å². The minimum Gasteiger partial charge on any atom is -0.494 e. The zero-order valence-corrected chi connectivity index (χ0v) is 17.8. The Labute approximate surface area is 176 Å². The van der Waals surface area contributed by atoms with E-state index in [0.717, 1.165) is 53.2 Å². The van der Waals surface area contributed by atoms with Crippen molar-refractivity contribution in [2.24, 2.45) is 0 Å². The summed E-state index contributed by atoms with van der Waals surface area (Å²) in [6.07, 6.45) is 0. The van der Waals surface area contributed by atoms with Crippen LogP contribution in [-0.4, -0.2) is 48.2 Å². The first-order valence-electron chi connectivity index (χ1n) is 10.6. The van der Waals surface area contributed by atoms with Crippen LogP contribution in [0.1, 0.15) is 29.9 Å². The number of nitrogens with zero attached hydrogens (tertiary/aromatic N) is 3. The highest BCUT2D eigenvalue weighted by Crippen LogP contribution is 2.30. The van der Waals surface area contributed by atoms with E-state index < -0.39 is 0 Å². The Bertz CT molecular complexity index is 1050. The molecular weight excluding hydrogens is 381 g/mol. The van der Waals surface area contributed by atoms with Gasteiger partial charge in [-0.2, -0.15) is 0 Å². The molecule has 5 nitrogen and oxygen atoms in total. The number of hydrogen-bond donors (Lipinski definition) is 0. The Kier molecular flexibility index (Phi) is 5.66. The zero-order valence-electron chi connectivity index (χ0n) is 17.8. The van der Waals surface area contributed by atoms with Gasteiger partial charge in [0.1, 0.15) is 17.3 Å². The molecule has 0 saturated carbocycles. The van der Waals surface area contributed by atoms with E-state index in [1.165, 1.54) is 12.1 Å². The lowest BCUT2D eigenvalue weighted by molar-refractivity contribution is 0.0735. The van der Waals surface area contributed by atoms with Gasteiger partial charge in [0, 0.05) is 49.3 Å². The van der Waals surface area contributed by atoms with Gasteiger partial charge in [-0.1, -0.05) is 0 Å². The van der Waals surface area contributed by atoms with E-state index in [4.69, 9.17) is 4.74 Å². The third kappa shape index (κ3) is 3.62. The Morgan fingerprint density at radius 2 is 1.73 bits per heavy atom. The fourth-order valence-electron chi connectivity index (χ4n) is 4.33. The van der Waals surface area contributed by atoms with Crippen LogP contribution in [0.25, 0.3) is 10.9 Å². The number of anilines is 1. The molecule has 0 N–H and O–H groups in total. The van der Waals surface area contributed by atoms with Gasteiger partial charge in [-0.3, -0.25) is 4.79 Å². The number of amides is 1. The maximum atomic E-state index is 13.5. The second-order valence-corrected chi connectivity index (χ2v) is 7.59. The molecule has 4 rings (SSSR count). The molecule has 0 radical (unpaired) electrons. The molecule has 1 aliphatic heterocycles. The molecule has 0 unspecified atom stereocenters. The number of rotatable bonds is 5. The fraction of sp³-hybridized carbons (Fsp3) is 0.375. The molecule has 158 valence electrons. The second-order valence-electron chi connectivity index (χ2n) is 7.59. The monoisotopic (exact) mass is 409 g/mol. The number of benzene rings is 2. The second kappa shape index (κ2) is 8.38. The quantitative estimate of drug-likeness (QED) is 0.624. The number of ether oxygens (including phenoxy) is 1. The summed E-state index contributed by atoms with van der Waals surface area (Å²) in [6, 6.07) is 12.6. The molecule has 6 heteroatoms. The Morgan fingerprint density at radius 1 is 1.03 bits per heavy atom. The number of carbonyl (C=O) groups is 1. The summed E-state index contributed by atoms with van der Waals surface area (Å²) in [6.45, 7) is 10.2. The smallest absolute Gasteiger partial charge is 0.270 e. The number of halogens is 1. The summed E-state index contributed by atoms with van der Waals surface area (Å²) in [5, 5.41) is 1.07. The van der Waals surface area contributed by atoms with Gasteiger partial charge in [0.05, 0.1) is 6.61 Å².